The van der Waals surface area contributed by atoms with Crippen LogP contribution in [0.4, 0.5) is 0 Å². The van der Waals surface area contributed by atoms with Crippen LogP contribution in [0.5, 0.6) is 5.75 Å². The van der Waals surface area contributed by atoms with Crippen LogP contribution in [0.2, 0.25) is 0 Å². The van der Waals surface area contributed by atoms with E-state index in [-0.39, 0.29) is 0 Å². The number of H-pyrrole nitrogens is 1. The Balaban J connectivity index is 1.53. The normalized spacial score (nSPS) is 21.5. The average molecular weight is 469 g/mol. The van der Waals surface area contributed by atoms with Gasteiger partial charge in [-0.25, -0.2) is 4.98 Å². The molecule has 1 N–H and O–H groups in total. The predicted octanol–water partition coefficient (Wildman–Crippen LogP) is 7.05. The Morgan fingerprint density at radius 1 is 1.26 bits per heavy atom. The van der Waals surface area contributed by atoms with Gasteiger partial charge < -0.3 is 14.6 Å². The van der Waals surface area contributed by atoms with Gasteiger partial charge in [0.2, 0.25) is 0 Å². The van der Waals surface area contributed by atoms with Gasteiger partial charge in [-0.15, -0.1) is 0 Å². The number of aliphatic imine (C=N–C) groups is 1. The Morgan fingerprint density at radius 2 is 2.06 bits per heavy atom. The fourth-order valence-electron chi connectivity index (χ4n) is 5.57. The number of nitrogens with one attached hydrogen (secondary N) is 1. The molecule has 5 nitrogen and oxygen atoms in total. The number of imidazole rings is 1. The lowest BCUT2D eigenvalue weighted by Crippen LogP contribution is -2.30. The molecule has 0 saturated heterocycles. The van der Waals surface area contributed by atoms with E-state index in [0.29, 0.717) is 18.4 Å². The number of ether oxygens (including phenoxy) is 1. The molecule has 2 heterocycles. The van der Waals surface area contributed by atoms with Crippen molar-refractivity contribution in [1.29, 1.82) is 0 Å². The quantitative estimate of drug-likeness (QED) is 0.437. The van der Waals surface area contributed by atoms with Crippen LogP contribution in [0.25, 0.3) is 22.2 Å². The number of rotatable bonds is 5. The molecule has 0 radical (unpaired) electrons. The van der Waals surface area contributed by atoms with Gasteiger partial charge in [-0.3, -0.25) is 4.99 Å². The molecule has 2 unspecified atom stereocenters. The number of aryl methyl sites for hydroxylation is 1. The third kappa shape index (κ3) is 4.64. The highest BCUT2D eigenvalue weighted by Crippen LogP contribution is 2.38. The lowest BCUT2D eigenvalue weighted by molar-refractivity contribution is 0.245. The van der Waals surface area contributed by atoms with E-state index in [1.54, 1.807) is 6.20 Å². The van der Waals surface area contributed by atoms with Crippen LogP contribution < -0.4 is 4.74 Å². The minimum absolute atomic E-state index is 0.459. The third-order valence-electron chi connectivity index (χ3n) is 7.39. The first kappa shape index (κ1) is 23.4. The first-order valence-electron chi connectivity index (χ1n) is 12.8. The molecule has 5 heteroatoms. The Hall–Kier alpha value is -3.34. The van der Waals surface area contributed by atoms with Gasteiger partial charge in [0.15, 0.2) is 0 Å². The molecule has 0 amide bonds. The van der Waals surface area contributed by atoms with Crippen LogP contribution in [-0.2, 0) is 6.54 Å². The summed E-state index contributed by atoms with van der Waals surface area (Å²) in [6.45, 7) is 15.2. The molecule has 3 aromatic rings. The lowest BCUT2D eigenvalue weighted by atomic mass is 9.95. The first-order chi connectivity index (χ1) is 17.0. The Bertz CT molecular complexity index is 1320. The number of aromatic amines is 1. The van der Waals surface area contributed by atoms with Crippen LogP contribution in [0, 0.1) is 18.8 Å². The summed E-state index contributed by atoms with van der Waals surface area (Å²) in [5.41, 5.74) is 9.76. The molecule has 35 heavy (non-hydrogen) atoms. The molecule has 0 spiro atoms. The molecule has 1 saturated carbocycles. The highest BCUT2D eigenvalue weighted by Gasteiger charge is 2.30. The van der Waals surface area contributed by atoms with Gasteiger partial charge >= 0.3 is 0 Å². The maximum Gasteiger partial charge on any atom is 0.124 e. The number of nitrogens with zero attached hydrogens (tertiary/aromatic N) is 3. The maximum atomic E-state index is 6.24. The smallest absolute Gasteiger partial charge is 0.124 e. The lowest BCUT2D eigenvalue weighted by Gasteiger charge is -2.31. The Labute approximate surface area is 208 Å². The molecule has 2 aromatic carbocycles. The van der Waals surface area contributed by atoms with E-state index in [0.717, 1.165) is 55.0 Å². The summed E-state index contributed by atoms with van der Waals surface area (Å²) >= 11 is 0. The highest BCUT2D eigenvalue weighted by molar-refractivity contribution is 6.03. The fraction of sp³-hybridized carbons (Fsp3) is 0.400. The monoisotopic (exact) mass is 468 g/mol. The Kier molecular flexibility index (Phi) is 6.50. The minimum atomic E-state index is 0.459. The van der Waals surface area contributed by atoms with Crippen molar-refractivity contribution in [3.05, 3.63) is 71.8 Å². The van der Waals surface area contributed by atoms with Gasteiger partial charge in [0.05, 0.1) is 17.6 Å². The van der Waals surface area contributed by atoms with Crippen LogP contribution >= 0.6 is 0 Å². The number of aromatic nitrogens is 2. The van der Waals surface area contributed by atoms with Gasteiger partial charge in [0.25, 0.3) is 0 Å². The number of allylic oxidation sites excluding steroid dienone is 2. The van der Waals surface area contributed by atoms with E-state index in [1.165, 1.54) is 33.7 Å². The van der Waals surface area contributed by atoms with Crippen molar-refractivity contribution in [2.24, 2.45) is 16.8 Å². The van der Waals surface area contributed by atoms with Crippen LogP contribution in [-0.4, -0.2) is 33.7 Å². The molecular formula is C30H36N4O. The topological polar surface area (TPSA) is 53.5 Å². The number of benzene rings is 2. The summed E-state index contributed by atoms with van der Waals surface area (Å²) in [7, 11) is 0. The van der Waals surface area contributed by atoms with E-state index in [1.807, 2.05) is 6.92 Å². The summed E-state index contributed by atoms with van der Waals surface area (Å²) in [5.74, 6) is 3.00. The molecule has 1 aliphatic carbocycles. The molecule has 2 atom stereocenters. The van der Waals surface area contributed by atoms with E-state index in [4.69, 9.17) is 9.73 Å². The van der Waals surface area contributed by atoms with Gasteiger partial charge in [-0.05, 0) is 79.0 Å². The number of hydrogen-bond acceptors (Lipinski definition) is 4. The second-order valence-corrected chi connectivity index (χ2v) is 10.1. The summed E-state index contributed by atoms with van der Waals surface area (Å²) in [4.78, 5) is 15.2. The summed E-state index contributed by atoms with van der Waals surface area (Å²) in [6.07, 6.45) is 4.91. The van der Waals surface area contributed by atoms with Crippen molar-refractivity contribution in [2.45, 2.75) is 53.5 Å². The summed E-state index contributed by atoms with van der Waals surface area (Å²) in [6, 6.07) is 13.0. The largest absolute Gasteiger partial charge is 0.491 e. The first-order valence-corrected chi connectivity index (χ1v) is 12.8. The van der Waals surface area contributed by atoms with E-state index in [9.17, 15) is 0 Å². The molecule has 182 valence electrons. The second kappa shape index (κ2) is 9.73. The molecule has 1 fully saturated rings. The molecule has 1 aromatic heterocycles. The van der Waals surface area contributed by atoms with Crippen molar-refractivity contribution in [1.82, 2.24) is 14.9 Å². The highest BCUT2D eigenvalue weighted by atomic mass is 16.5. The van der Waals surface area contributed by atoms with E-state index in [2.05, 4.69) is 78.6 Å². The molecular weight excluding hydrogens is 432 g/mol. The van der Waals surface area contributed by atoms with Crippen molar-refractivity contribution >= 4 is 16.7 Å². The van der Waals surface area contributed by atoms with Gasteiger partial charge in [0, 0.05) is 29.7 Å². The van der Waals surface area contributed by atoms with Crippen molar-refractivity contribution in [3.8, 4) is 16.9 Å². The van der Waals surface area contributed by atoms with Crippen LogP contribution in [0.1, 0.15) is 51.4 Å². The number of fused-ring (bicyclic) bond motifs is 2. The zero-order valence-corrected chi connectivity index (χ0v) is 21.4. The Morgan fingerprint density at radius 3 is 2.86 bits per heavy atom. The minimum Gasteiger partial charge on any atom is -0.491 e. The summed E-state index contributed by atoms with van der Waals surface area (Å²) < 4.78 is 6.24. The predicted molar refractivity (Wildman–Crippen MR) is 145 cm³/mol. The van der Waals surface area contributed by atoms with Gasteiger partial charge in [-0.2, -0.15) is 0 Å². The average Bonchev–Trinajstić information content (AvgIpc) is 3.32. The van der Waals surface area contributed by atoms with E-state index < -0.39 is 0 Å². The molecule has 2 aliphatic rings. The molecule has 5 rings (SSSR count). The summed E-state index contributed by atoms with van der Waals surface area (Å²) in [5, 5.41) is 0. The van der Waals surface area contributed by atoms with Crippen LogP contribution in [0.3, 0.4) is 0 Å². The third-order valence-corrected chi connectivity index (χ3v) is 7.39. The van der Waals surface area contributed by atoms with Gasteiger partial charge in [0.1, 0.15) is 18.2 Å². The maximum absolute atomic E-state index is 6.24. The number of hydrogen-bond donors (Lipinski definition) is 1. The van der Waals surface area contributed by atoms with Gasteiger partial charge in [-0.1, -0.05) is 39.5 Å². The van der Waals surface area contributed by atoms with Crippen molar-refractivity contribution in [3.63, 3.8) is 0 Å². The van der Waals surface area contributed by atoms with Crippen molar-refractivity contribution < 1.29 is 4.74 Å². The molecule has 0 bridgehead atoms. The zero-order valence-electron chi connectivity index (χ0n) is 21.4. The fourth-order valence-corrected chi connectivity index (χ4v) is 5.57. The standard InChI is InChI=1S/C30H36N4O/c1-6-20(4)30(25-14-19(3)15-27(25)31-7-2)34-12-13-35-29-11-9-22(16-24(29)18-34)23-8-10-26-28(17-23)33-21(5)32-26/h7-11,16-17,19-20H,2,6,12-15,18H2,1,3-5H3,(H,32,33)/b30-25+,31-27?. The second-order valence-electron chi connectivity index (χ2n) is 10.1. The van der Waals surface area contributed by atoms with Crippen molar-refractivity contribution in [2.75, 3.05) is 13.2 Å². The van der Waals surface area contributed by atoms with E-state index >= 15 is 0 Å². The SMILES string of the molecule is C=CN=C1CC(C)C/C1=C(/C(C)CC)N1CCOc2ccc(-c3ccc4nc(C)[nH]c4c3)cc2C1. The molecule has 1 aliphatic heterocycles. The van der Waals surface area contributed by atoms with Crippen LogP contribution in [0.15, 0.2) is 65.4 Å². The zero-order chi connectivity index (χ0) is 24.5.